The van der Waals surface area contributed by atoms with Gasteiger partial charge in [-0.05, 0) is 33.6 Å². The molecule has 0 spiro atoms. The van der Waals surface area contributed by atoms with Crippen LogP contribution in [0.15, 0.2) is 40.9 Å². The molecule has 5 heteroatoms. The standard InChI is InChI=1S/C15H13Br2ClO2/c1-19-12-8-7-10(15(20-2)14(12)17)13(16)9-5-3-4-6-11(9)18/h3-8,13H,1-2H3. The Bertz CT molecular complexity index is 617. The van der Waals surface area contributed by atoms with Gasteiger partial charge in [0.05, 0.1) is 19.0 Å². The smallest absolute Gasteiger partial charge is 0.141 e. The lowest BCUT2D eigenvalue weighted by Crippen LogP contribution is -2.00. The van der Waals surface area contributed by atoms with Crippen LogP contribution in [-0.2, 0) is 0 Å². The van der Waals surface area contributed by atoms with E-state index in [1.807, 2.05) is 36.4 Å². The Balaban J connectivity index is 2.53. The largest absolute Gasteiger partial charge is 0.495 e. The van der Waals surface area contributed by atoms with Crippen molar-refractivity contribution in [2.45, 2.75) is 4.83 Å². The molecule has 0 aliphatic heterocycles. The van der Waals surface area contributed by atoms with Crippen LogP contribution >= 0.6 is 43.5 Å². The van der Waals surface area contributed by atoms with Gasteiger partial charge >= 0.3 is 0 Å². The van der Waals surface area contributed by atoms with Gasteiger partial charge in [-0.2, -0.15) is 0 Å². The molecule has 1 unspecified atom stereocenters. The molecule has 106 valence electrons. The first-order valence-electron chi connectivity index (χ1n) is 5.89. The van der Waals surface area contributed by atoms with E-state index in [1.165, 1.54) is 0 Å². The summed E-state index contributed by atoms with van der Waals surface area (Å²) in [5.74, 6) is 1.45. The molecule has 0 amide bonds. The molecule has 0 aliphatic rings. The summed E-state index contributed by atoms with van der Waals surface area (Å²) in [5.41, 5.74) is 1.97. The zero-order valence-corrected chi connectivity index (χ0v) is 14.9. The third-order valence-corrected chi connectivity index (χ3v) is 5.05. The summed E-state index contributed by atoms with van der Waals surface area (Å²) in [4.78, 5) is -0.0617. The highest BCUT2D eigenvalue weighted by Crippen LogP contribution is 2.45. The molecular weight excluding hydrogens is 407 g/mol. The van der Waals surface area contributed by atoms with Gasteiger partial charge in [0.15, 0.2) is 0 Å². The Morgan fingerprint density at radius 1 is 1.00 bits per heavy atom. The first-order chi connectivity index (χ1) is 9.60. The zero-order valence-electron chi connectivity index (χ0n) is 11.0. The predicted molar refractivity (Wildman–Crippen MR) is 89.5 cm³/mol. The first kappa shape index (κ1) is 15.7. The summed E-state index contributed by atoms with van der Waals surface area (Å²) < 4.78 is 11.6. The minimum Gasteiger partial charge on any atom is -0.495 e. The molecule has 0 aromatic heterocycles. The molecule has 0 saturated heterocycles. The van der Waals surface area contributed by atoms with Crippen LogP contribution in [0.5, 0.6) is 11.5 Å². The number of benzene rings is 2. The fourth-order valence-electron chi connectivity index (χ4n) is 1.97. The van der Waals surface area contributed by atoms with Crippen molar-refractivity contribution in [2.24, 2.45) is 0 Å². The number of alkyl halides is 1. The van der Waals surface area contributed by atoms with Crippen molar-refractivity contribution in [3.05, 3.63) is 57.0 Å². The van der Waals surface area contributed by atoms with Gasteiger partial charge < -0.3 is 9.47 Å². The monoisotopic (exact) mass is 418 g/mol. The Hall–Kier alpha value is -0.710. The number of rotatable bonds is 4. The summed E-state index contributed by atoms with van der Waals surface area (Å²) in [5, 5.41) is 0.711. The van der Waals surface area contributed by atoms with E-state index in [-0.39, 0.29) is 4.83 Å². The lowest BCUT2D eigenvalue weighted by Gasteiger charge is -2.18. The number of hydrogen-bond acceptors (Lipinski definition) is 2. The van der Waals surface area contributed by atoms with Crippen molar-refractivity contribution in [3.63, 3.8) is 0 Å². The molecule has 0 bridgehead atoms. The van der Waals surface area contributed by atoms with E-state index in [1.54, 1.807) is 14.2 Å². The molecule has 0 aliphatic carbocycles. The second-order valence-electron chi connectivity index (χ2n) is 4.09. The van der Waals surface area contributed by atoms with Gasteiger partial charge in [0.25, 0.3) is 0 Å². The molecular formula is C15H13Br2ClO2. The third-order valence-electron chi connectivity index (χ3n) is 2.97. The van der Waals surface area contributed by atoms with Crippen LogP contribution in [0, 0.1) is 0 Å². The van der Waals surface area contributed by atoms with E-state index in [9.17, 15) is 0 Å². The van der Waals surface area contributed by atoms with E-state index in [0.29, 0.717) is 5.02 Å². The van der Waals surface area contributed by atoms with E-state index >= 15 is 0 Å². The number of ether oxygens (including phenoxy) is 2. The highest BCUT2D eigenvalue weighted by atomic mass is 79.9. The van der Waals surface area contributed by atoms with Gasteiger partial charge in [-0.3, -0.25) is 0 Å². The van der Waals surface area contributed by atoms with Crippen LogP contribution in [0.2, 0.25) is 5.02 Å². The molecule has 2 aromatic rings. The van der Waals surface area contributed by atoms with E-state index in [0.717, 1.165) is 27.1 Å². The SMILES string of the molecule is COc1ccc(C(Br)c2ccccc2Cl)c(OC)c1Br. The Morgan fingerprint density at radius 3 is 2.30 bits per heavy atom. The average molecular weight is 421 g/mol. The maximum absolute atomic E-state index is 6.26. The van der Waals surface area contributed by atoms with Crippen LogP contribution in [0.25, 0.3) is 0 Å². The normalized spacial score (nSPS) is 12.1. The number of hydrogen-bond donors (Lipinski definition) is 0. The molecule has 0 saturated carbocycles. The van der Waals surface area contributed by atoms with Crippen LogP contribution in [-0.4, -0.2) is 14.2 Å². The van der Waals surface area contributed by atoms with Crippen LogP contribution in [0.3, 0.4) is 0 Å². The molecule has 2 rings (SSSR count). The number of halogens is 3. The second kappa shape index (κ2) is 6.83. The van der Waals surface area contributed by atoms with Crippen molar-refractivity contribution in [1.82, 2.24) is 0 Å². The van der Waals surface area contributed by atoms with Crippen molar-refractivity contribution in [2.75, 3.05) is 14.2 Å². The summed E-state index contributed by atoms with van der Waals surface area (Å²) in [6.45, 7) is 0. The van der Waals surface area contributed by atoms with Crippen molar-refractivity contribution in [1.29, 1.82) is 0 Å². The van der Waals surface area contributed by atoms with Crippen LogP contribution in [0.4, 0.5) is 0 Å². The summed E-state index contributed by atoms with van der Waals surface area (Å²) in [6, 6.07) is 11.6. The Labute approximate surface area is 140 Å². The Kier molecular flexibility index (Phi) is 5.35. The molecule has 1 atom stereocenters. The van der Waals surface area contributed by atoms with Crippen molar-refractivity contribution in [3.8, 4) is 11.5 Å². The number of methoxy groups -OCH3 is 2. The average Bonchev–Trinajstić information content (AvgIpc) is 2.46. The molecule has 0 fully saturated rings. The molecule has 0 N–H and O–H groups in total. The van der Waals surface area contributed by atoms with Gasteiger partial charge in [-0.1, -0.05) is 51.8 Å². The Morgan fingerprint density at radius 2 is 1.70 bits per heavy atom. The van der Waals surface area contributed by atoms with Gasteiger partial charge in [0.2, 0.25) is 0 Å². The fraction of sp³-hybridized carbons (Fsp3) is 0.200. The van der Waals surface area contributed by atoms with Crippen LogP contribution in [0.1, 0.15) is 16.0 Å². The van der Waals surface area contributed by atoms with Gasteiger partial charge in [-0.15, -0.1) is 0 Å². The molecule has 2 aromatic carbocycles. The maximum Gasteiger partial charge on any atom is 0.141 e. The molecule has 2 nitrogen and oxygen atoms in total. The van der Waals surface area contributed by atoms with Gasteiger partial charge in [0.1, 0.15) is 16.0 Å². The lowest BCUT2D eigenvalue weighted by molar-refractivity contribution is 0.386. The van der Waals surface area contributed by atoms with E-state index in [2.05, 4.69) is 31.9 Å². The highest BCUT2D eigenvalue weighted by molar-refractivity contribution is 9.10. The van der Waals surface area contributed by atoms with E-state index in [4.69, 9.17) is 21.1 Å². The van der Waals surface area contributed by atoms with Crippen LogP contribution < -0.4 is 9.47 Å². The fourth-order valence-corrected chi connectivity index (χ4v) is 3.79. The molecule has 20 heavy (non-hydrogen) atoms. The first-order valence-corrected chi connectivity index (χ1v) is 7.97. The van der Waals surface area contributed by atoms with Gasteiger partial charge in [0, 0.05) is 10.6 Å². The molecule has 0 heterocycles. The van der Waals surface area contributed by atoms with E-state index < -0.39 is 0 Å². The third kappa shape index (κ3) is 2.97. The summed E-state index contributed by atoms with van der Waals surface area (Å²) >= 11 is 13.5. The maximum atomic E-state index is 6.26. The topological polar surface area (TPSA) is 18.5 Å². The predicted octanol–water partition coefficient (Wildman–Crippen LogP) is 5.60. The second-order valence-corrected chi connectivity index (χ2v) is 6.20. The quantitative estimate of drug-likeness (QED) is 0.599. The summed E-state index contributed by atoms with van der Waals surface area (Å²) in [6.07, 6.45) is 0. The molecule has 0 radical (unpaired) electrons. The zero-order chi connectivity index (χ0) is 14.7. The summed E-state index contributed by atoms with van der Waals surface area (Å²) in [7, 11) is 3.26. The van der Waals surface area contributed by atoms with Crippen molar-refractivity contribution < 1.29 is 9.47 Å². The minimum atomic E-state index is -0.0617. The lowest BCUT2D eigenvalue weighted by atomic mass is 10.0. The van der Waals surface area contributed by atoms with Gasteiger partial charge in [-0.25, -0.2) is 0 Å². The van der Waals surface area contributed by atoms with Crippen molar-refractivity contribution >= 4 is 43.5 Å². The highest BCUT2D eigenvalue weighted by Gasteiger charge is 2.21. The minimum absolute atomic E-state index is 0.0617.